The third kappa shape index (κ3) is 4.69. The number of halogens is 1. The molecule has 0 saturated heterocycles. The highest BCUT2D eigenvalue weighted by atomic mass is 79.9. The van der Waals surface area contributed by atoms with Gasteiger partial charge < -0.3 is 9.47 Å². The van der Waals surface area contributed by atoms with Gasteiger partial charge in [-0.25, -0.2) is 9.48 Å². The first-order chi connectivity index (χ1) is 8.04. The Labute approximate surface area is 112 Å². The lowest BCUT2D eigenvalue weighted by Gasteiger charge is -2.02. The molecule has 1 heterocycles. The number of rotatable bonds is 6. The number of hydrogen-bond donors (Lipinski definition) is 0. The Morgan fingerprint density at radius 2 is 2.29 bits per heavy atom. The molecule has 0 aliphatic heterocycles. The molecular formula is C10H16BrN2O3S+. The Bertz CT molecular complexity index is 382. The molecule has 0 N–H and O–H groups in total. The molecule has 0 bridgehead atoms. The van der Waals surface area contributed by atoms with Gasteiger partial charge in [-0.15, -0.1) is 0 Å². The van der Waals surface area contributed by atoms with E-state index in [0.717, 1.165) is 5.75 Å². The van der Waals surface area contributed by atoms with Crippen LogP contribution >= 0.6 is 15.9 Å². The smallest absolute Gasteiger partial charge is 0.359 e. The van der Waals surface area contributed by atoms with Gasteiger partial charge >= 0.3 is 5.97 Å². The van der Waals surface area contributed by atoms with Crippen molar-refractivity contribution >= 4 is 32.8 Å². The van der Waals surface area contributed by atoms with Crippen molar-refractivity contribution in [2.45, 2.75) is 6.73 Å². The van der Waals surface area contributed by atoms with Crippen LogP contribution in [0.25, 0.3) is 0 Å². The summed E-state index contributed by atoms with van der Waals surface area (Å²) in [5.74, 6) is 0.575. The second-order valence-corrected chi connectivity index (χ2v) is 6.82. The van der Waals surface area contributed by atoms with Crippen molar-refractivity contribution < 1.29 is 14.3 Å². The van der Waals surface area contributed by atoms with E-state index in [0.29, 0.717) is 28.7 Å². The number of carbonyl (C=O) groups excluding carboxylic acids is 1. The fraction of sp³-hybridized carbons (Fsp3) is 0.600. The number of esters is 1. The average molecular weight is 324 g/mol. The largest absolute Gasteiger partial charge is 0.464 e. The first kappa shape index (κ1) is 14.5. The quantitative estimate of drug-likeness (QED) is 0.449. The molecule has 5 nitrogen and oxygen atoms in total. The third-order valence-electron chi connectivity index (χ3n) is 1.96. The summed E-state index contributed by atoms with van der Waals surface area (Å²) < 4.78 is 12.2. The van der Waals surface area contributed by atoms with E-state index in [4.69, 9.17) is 4.74 Å². The molecule has 7 heteroatoms. The SMILES string of the molecule is COC(=O)c1nn(COCC[S+](C)C)cc1Br. The summed E-state index contributed by atoms with van der Waals surface area (Å²) in [5, 5.41) is 4.07. The van der Waals surface area contributed by atoms with Gasteiger partial charge in [0.2, 0.25) is 0 Å². The van der Waals surface area contributed by atoms with E-state index >= 15 is 0 Å². The molecule has 0 spiro atoms. The molecule has 17 heavy (non-hydrogen) atoms. The first-order valence-electron chi connectivity index (χ1n) is 4.97. The summed E-state index contributed by atoms with van der Waals surface area (Å²) in [4.78, 5) is 11.3. The summed E-state index contributed by atoms with van der Waals surface area (Å²) in [6.45, 7) is 1.04. The summed E-state index contributed by atoms with van der Waals surface area (Å²) in [6, 6.07) is 0. The summed E-state index contributed by atoms with van der Waals surface area (Å²) >= 11 is 3.25. The van der Waals surface area contributed by atoms with Gasteiger partial charge in [-0.2, -0.15) is 5.10 Å². The maximum Gasteiger partial charge on any atom is 0.359 e. The Kier molecular flexibility index (Phi) is 6.01. The molecule has 1 aromatic rings. The number of aromatic nitrogens is 2. The second kappa shape index (κ2) is 7.03. The van der Waals surface area contributed by atoms with Crippen LogP contribution in [0.1, 0.15) is 10.5 Å². The summed E-state index contributed by atoms with van der Waals surface area (Å²) in [5.41, 5.74) is 0.266. The molecule has 0 radical (unpaired) electrons. The Balaban J connectivity index is 2.47. The Morgan fingerprint density at radius 3 is 2.88 bits per heavy atom. The highest BCUT2D eigenvalue weighted by molar-refractivity contribution is 9.10. The Morgan fingerprint density at radius 1 is 1.59 bits per heavy atom. The van der Waals surface area contributed by atoms with E-state index in [1.807, 2.05) is 0 Å². The van der Waals surface area contributed by atoms with Crippen molar-refractivity contribution in [3.8, 4) is 0 Å². The standard InChI is InChI=1S/C10H16BrN2O3S/c1-15-10(14)9-8(11)6-13(12-9)7-16-4-5-17(2)3/h6H,4-5,7H2,1-3H3/q+1. The zero-order chi connectivity index (χ0) is 12.8. The highest BCUT2D eigenvalue weighted by Gasteiger charge is 2.15. The number of methoxy groups -OCH3 is 1. The van der Waals surface area contributed by atoms with E-state index in [2.05, 4.69) is 38.3 Å². The molecule has 0 aliphatic carbocycles. The van der Waals surface area contributed by atoms with Crippen LogP contribution in [0.15, 0.2) is 10.7 Å². The van der Waals surface area contributed by atoms with Crippen LogP contribution in [0.2, 0.25) is 0 Å². The van der Waals surface area contributed by atoms with E-state index in [1.54, 1.807) is 10.9 Å². The fourth-order valence-corrected chi connectivity index (χ4v) is 2.01. The van der Waals surface area contributed by atoms with Crippen molar-refractivity contribution in [1.29, 1.82) is 0 Å². The van der Waals surface area contributed by atoms with Crippen LogP contribution in [0, 0.1) is 0 Å². The summed E-state index contributed by atoms with van der Waals surface area (Å²) in [6.07, 6.45) is 6.04. The topological polar surface area (TPSA) is 53.3 Å². The van der Waals surface area contributed by atoms with Gasteiger partial charge in [-0.05, 0) is 26.8 Å². The van der Waals surface area contributed by atoms with E-state index in [9.17, 15) is 4.79 Å². The molecule has 0 saturated carbocycles. The molecule has 0 aromatic carbocycles. The van der Waals surface area contributed by atoms with Crippen molar-refractivity contribution in [2.24, 2.45) is 0 Å². The molecule has 0 fully saturated rings. The van der Waals surface area contributed by atoms with Gasteiger partial charge in [-0.1, -0.05) is 0 Å². The Hall–Kier alpha value is -0.530. The molecule has 0 aliphatic rings. The van der Waals surface area contributed by atoms with Crippen molar-refractivity contribution in [1.82, 2.24) is 9.78 Å². The van der Waals surface area contributed by atoms with E-state index in [-0.39, 0.29) is 5.69 Å². The van der Waals surface area contributed by atoms with Crippen LogP contribution < -0.4 is 0 Å². The molecule has 1 aromatic heterocycles. The first-order valence-corrected chi connectivity index (χ1v) is 7.98. The van der Waals surface area contributed by atoms with Gasteiger partial charge in [0, 0.05) is 6.20 Å². The van der Waals surface area contributed by atoms with Crippen molar-refractivity contribution in [3.63, 3.8) is 0 Å². The lowest BCUT2D eigenvalue weighted by molar-refractivity contribution is 0.0583. The normalized spacial score (nSPS) is 10.9. The van der Waals surface area contributed by atoms with Gasteiger partial charge in [0.15, 0.2) is 5.69 Å². The van der Waals surface area contributed by atoms with Gasteiger partial charge in [0.05, 0.1) is 30.7 Å². The second-order valence-electron chi connectivity index (χ2n) is 3.58. The van der Waals surface area contributed by atoms with E-state index in [1.165, 1.54) is 7.11 Å². The van der Waals surface area contributed by atoms with Gasteiger partial charge in [0.25, 0.3) is 0 Å². The minimum Gasteiger partial charge on any atom is -0.464 e. The lowest BCUT2D eigenvalue weighted by Crippen LogP contribution is -2.12. The third-order valence-corrected chi connectivity index (χ3v) is 3.52. The molecule has 0 atom stereocenters. The zero-order valence-electron chi connectivity index (χ0n) is 10.1. The highest BCUT2D eigenvalue weighted by Crippen LogP contribution is 2.15. The van der Waals surface area contributed by atoms with Crippen molar-refractivity contribution in [3.05, 3.63) is 16.4 Å². The lowest BCUT2D eigenvalue weighted by atomic mass is 10.4. The molecule has 1 rings (SSSR count). The van der Waals surface area contributed by atoms with Gasteiger partial charge in [-0.3, -0.25) is 0 Å². The van der Waals surface area contributed by atoms with Crippen LogP contribution in [0.4, 0.5) is 0 Å². The number of carbonyl (C=O) groups is 1. The minimum absolute atomic E-state index is 0.266. The van der Waals surface area contributed by atoms with Crippen LogP contribution in [0.5, 0.6) is 0 Å². The molecule has 0 amide bonds. The van der Waals surface area contributed by atoms with Gasteiger partial charge in [0.1, 0.15) is 12.5 Å². The summed E-state index contributed by atoms with van der Waals surface area (Å²) in [7, 11) is 1.71. The number of ether oxygens (including phenoxy) is 2. The molecule has 96 valence electrons. The molecule has 0 unspecified atom stereocenters. The van der Waals surface area contributed by atoms with Crippen molar-refractivity contribution in [2.75, 3.05) is 32.0 Å². The number of nitrogens with zero attached hydrogens (tertiary/aromatic N) is 2. The fourth-order valence-electron chi connectivity index (χ4n) is 1.08. The number of hydrogen-bond acceptors (Lipinski definition) is 4. The maximum absolute atomic E-state index is 11.3. The average Bonchev–Trinajstić information content (AvgIpc) is 2.65. The van der Waals surface area contributed by atoms with Crippen LogP contribution in [-0.2, 0) is 27.1 Å². The minimum atomic E-state index is -0.459. The van der Waals surface area contributed by atoms with E-state index < -0.39 is 5.97 Å². The predicted octanol–water partition coefficient (Wildman–Crippen LogP) is 1.28. The molecular weight excluding hydrogens is 308 g/mol. The van der Waals surface area contributed by atoms with Crippen LogP contribution in [-0.4, -0.2) is 47.7 Å². The monoisotopic (exact) mass is 323 g/mol. The zero-order valence-corrected chi connectivity index (χ0v) is 12.5. The predicted molar refractivity (Wildman–Crippen MR) is 71.3 cm³/mol. The maximum atomic E-state index is 11.3. The van der Waals surface area contributed by atoms with Crippen LogP contribution in [0.3, 0.4) is 0 Å².